The summed E-state index contributed by atoms with van der Waals surface area (Å²) < 4.78 is 14.8. The van der Waals surface area contributed by atoms with Crippen molar-refractivity contribution in [2.24, 2.45) is 0 Å². The molecule has 0 saturated carbocycles. The lowest BCUT2D eigenvalue weighted by Crippen LogP contribution is -2.02. The summed E-state index contributed by atoms with van der Waals surface area (Å²) in [6, 6.07) is 6.27. The second-order valence-electron chi connectivity index (χ2n) is 5.50. The number of alkyl halides is 1. The van der Waals surface area contributed by atoms with Gasteiger partial charge in [0.1, 0.15) is 17.5 Å². The highest BCUT2D eigenvalue weighted by atomic mass is 32.2. The molecule has 0 atom stereocenters. The summed E-state index contributed by atoms with van der Waals surface area (Å²) in [4.78, 5) is 5.46. The predicted molar refractivity (Wildman–Crippen MR) is 83.4 cm³/mol. The number of halogens is 1. The highest BCUT2D eigenvalue weighted by molar-refractivity contribution is 7.99. The first kappa shape index (κ1) is 16.0. The fraction of sp³-hybridized carbons (Fsp3) is 0.438. The number of nitrogens with zero attached hydrogens (tertiary/aromatic N) is 2. The van der Waals surface area contributed by atoms with Crippen molar-refractivity contribution >= 4 is 11.8 Å². The molecule has 0 saturated heterocycles. The minimum atomic E-state index is -0.678. The Bertz CT molecular complexity index is 617. The van der Waals surface area contributed by atoms with Crippen LogP contribution in [0.25, 0.3) is 0 Å². The van der Waals surface area contributed by atoms with E-state index in [1.54, 1.807) is 0 Å². The summed E-state index contributed by atoms with van der Waals surface area (Å²) in [5.41, 5.74) is 3.19. The number of benzene rings is 1. The summed E-state index contributed by atoms with van der Waals surface area (Å²) in [5, 5.41) is 10.1. The molecule has 2 rings (SSSR count). The number of aromatic nitrogens is 2. The van der Waals surface area contributed by atoms with Crippen molar-refractivity contribution in [1.29, 1.82) is 0 Å². The fourth-order valence-electron chi connectivity index (χ4n) is 2.33. The van der Waals surface area contributed by atoms with Gasteiger partial charge in [0.25, 0.3) is 0 Å². The third-order valence-corrected chi connectivity index (χ3v) is 4.34. The van der Waals surface area contributed by atoms with Gasteiger partial charge in [0.15, 0.2) is 6.80 Å². The van der Waals surface area contributed by atoms with Gasteiger partial charge >= 0.3 is 0 Å². The van der Waals surface area contributed by atoms with Crippen molar-refractivity contribution in [1.82, 2.24) is 9.55 Å². The molecule has 0 unspecified atom stereocenters. The molecule has 0 aliphatic heterocycles. The molecule has 0 radical (unpaired) electrons. The maximum absolute atomic E-state index is 13.4. The predicted octanol–water partition coefficient (Wildman–Crippen LogP) is 4.19. The van der Waals surface area contributed by atoms with Crippen LogP contribution in [-0.2, 0) is 13.4 Å². The van der Waals surface area contributed by atoms with Crippen LogP contribution in [0.3, 0.4) is 0 Å². The lowest BCUT2D eigenvalue weighted by molar-refractivity contribution is 0.249. The summed E-state index contributed by atoms with van der Waals surface area (Å²) >= 11 is 1.51. The monoisotopic (exact) mass is 308 g/mol. The van der Waals surface area contributed by atoms with Crippen molar-refractivity contribution in [3.63, 3.8) is 0 Å². The van der Waals surface area contributed by atoms with Gasteiger partial charge in [-0.2, -0.15) is 0 Å². The second-order valence-corrected chi connectivity index (χ2v) is 6.57. The number of hydrogen-bond donors (Lipinski definition) is 1. The van der Waals surface area contributed by atoms with Crippen LogP contribution in [0.5, 0.6) is 0 Å². The number of aliphatic hydroxyl groups is 1. The zero-order valence-corrected chi connectivity index (χ0v) is 13.7. The van der Waals surface area contributed by atoms with E-state index in [-0.39, 0.29) is 12.5 Å². The Labute approximate surface area is 129 Å². The van der Waals surface area contributed by atoms with Gasteiger partial charge in [-0.3, -0.25) is 4.57 Å². The fourth-order valence-corrected chi connectivity index (χ4v) is 3.70. The van der Waals surface area contributed by atoms with E-state index >= 15 is 0 Å². The SMILES string of the molecule is Cc1cc(C)cc(Sc2c(C(C)C)nc(CO)n2CF)c1. The first-order chi connectivity index (χ1) is 9.96. The van der Waals surface area contributed by atoms with Crippen molar-refractivity contribution in [3.05, 3.63) is 40.8 Å². The third kappa shape index (κ3) is 3.47. The van der Waals surface area contributed by atoms with Crippen molar-refractivity contribution in [3.8, 4) is 0 Å². The lowest BCUT2D eigenvalue weighted by Gasteiger charge is -2.10. The highest BCUT2D eigenvalue weighted by Gasteiger charge is 2.20. The highest BCUT2D eigenvalue weighted by Crippen LogP contribution is 2.35. The van der Waals surface area contributed by atoms with E-state index in [1.165, 1.54) is 27.5 Å². The third-order valence-electron chi connectivity index (χ3n) is 3.24. The van der Waals surface area contributed by atoms with E-state index in [2.05, 4.69) is 23.2 Å². The van der Waals surface area contributed by atoms with E-state index in [0.29, 0.717) is 5.82 Å². The van der Waals surface area contributed by atoms with Crippen LogP contribution in [0.2, 0.25) is 0 Å². The Morgan fingerprint density at radius 3 is 2.33 bits per heavy atom. The van der Waals surface area contributed by atoms with Crippen LogP contribution in [0.1, 0.15) is 42.4 Å². The van der Waals surface area contributed by atoms with E-state index in [0.717, 1.165) is 15.6 Å². The Hall–Kier alpha value is -1.33. The largest absolute Gasteiger partial charge is 0.388 e. The Morgan fingerprint density at radius 2 is 1.86 bits per heavy atom. The Balaban J connectivity index is 2.48. The first-order valence-electron chi connectivity index (χ1n) is 6.98. The van der Waals surface area contributed by atoms with Gasteiger partial charge in [0.05, 0.1) is 5.69 Å². The van der Waals surface area contributed by atoms with Gasteiger partial charge in [-0.05, 0) is 43.0 Å². The van der Waals surface area contributed by atoms with E-state index in [9.17, 15) is 9.50 Å². The molecule has 3 nitrogen and oxygen atoms in total. The van der Waals surface area contributed by atoms with Gasteiger partial charge < -0.3 is 5.11 Å². The molecule has 1 aromatic carbocycles. The summed E-state index contributed by atoms with van der Waals surface area (Å²) in [7, 11) is 0. The van der Waals surface area contributed by atoms with Crippen molar-refractivity contribution in [2.75, 3.05) is 0 Å². The number of aliphatic hydroxyl groups excluding tert-OH is 1. The van der Waals surface area contributed by atoms with Crippen LogP contribution in [0.15, 0.2) is 28.1 Å². The minimum absolute atomic E-state index is 0.177. The van der Waals surface area contributed by atoms with Crippen LogP contribution in [0, 0.1) is 13.8 Å². The van der Waals surface area contributed by atoms with Crippen molar-refractivity contribution in [2.45, 2.75) is 56.9 Å². The smallest absolute Gasteiger partial charge is 0.167 e. The molecule has 0 amide bonds. The molecule has 0 spiro atoms. The standard InChI is InChI=1S/C16H21FN2OS/c1-10(2)15-16(19(9-17)14(8-20)18-15)21-13-6-11(3)5-12(4)7-13/h5-7,10,20H,8-9H2,1-4H3. The number of aryl methyl sites for hydroxylation is 2. The topological polar surface area (TPSA) is 38.1 Å². The van der Waals surface area contributed by atoms with E-state index in [4.69, 9.17) is 0 Å². The average molecular weight is 308 g/mol. The molecule has 2 aromatic rings. The molecule has 1 N–H and O–H groups in total. The zero-order chi connectivity index (χ0) is 15.6. The van der Waals surface area contributed by atoms with Gasteiger partial charge in [-0.15, -0.1) is 0 Å². The lowest BCUT2D eigenvalue weighted by atomic mass is 10.1. The molecule has 1 aromatic heterocycles. The number of rotatable bonds is 5. The molecular weight excluding hydrogens is 287 g/mol. The molecule has 1 heterocycles. The van der Waals surface area contributed by atoms with Crippen molar-refractivity contribution < 1.29 is 9.50 Å². The zero-order valence-electron chi connectivity index (χ0n) is 12.9. The summed E-state index contributed by atoms with van der Waals surface area (Å²) in [5.74, 6) is 0.560. The average Bonchev–Trinajstić information content (AvgIpc) is 2.75. The molecule has 0 fully saturated rings. The number of imidazole rings is 1. The molecule has 114 valence electrons. The summed E-state index contributed by atoms with van der Waals surface area (Å²) in [6.07, 6.45) is 0. The molecule has 0 aliphatic rings. The van der Waals surface area contributed by atoms with E-state index < -0.39 is 6.80 Å². The maximum Gasteiger partial charge on any atom is 0.167 e. The Kier molecular flexibility index (Phi) is 5.06. The molecule has 21 heavy (non-hydrogen) atoms. The molecular formula is C16H21FN2OS. The normalized spacial score (nSPS) is 11.4. The van der Waals surface area contributed by atoms with Gasteiger partial charge in [-0.1, -0.05) is 31.7 Å². The van der Waals surface area contributed by atoms with Crippen LogP contribution in [0.4, 0.5) is 4.39 Å². The molecule has 5 heteroatoms. The van der Waals surface area contributed by atoms with Crippen LogP contribution < -0.4 is 0 Å². The van der Waals surface area contributed by atoms with Gasteiger partial charge in [0.2, 0.25) is 0 Å². The maximum atomic E-state index is 13.4. The van der Waals surface area contributed by atoms with E-state index in [1.807, 2.05) is 27.7 Å². The second kappa shape index (κ2) is 6.62. The molecule has 0 aliphatic carbocycles. The molecule has 0 bridgehead atoms. The van der Waals surface area contributed by atoms with Gasteiger partial charge in [0, 0.05) is 4.90 Å². The number of hydrogen-bond acceptors (Lipinski definition) is 3. The van der Waals surface area contributed by atoms with Crippen LogP contribution >= 0.6 is 11.8 Å². The Morgan fingerprint density at radius 1 is 1.24 bits per heavy atom. The quantitative estimate of drug-likeness (QED) is 0.900. The van der Waals surface area contributed by atoms with Gasteiger partial charge in [-0.25, -0.2) is 9.37 Å². The summed E-state index contributed by atoms with van der Waals surface area (Å²) in [6.45, 7) is 7.22. The minimum Gasteiger partial charge on any atom is -0.388 e. The first-order valence-corrected chi connectivity index (χ1v) is 7.80. The van der Waals surface area contributed by atoms with Crippen LogP contribution in [-0.4, -0.2) is 14.7 Å².